The van der Waals surface area contributed by atoms with Crippen LogP contribution in [0.25, 0.3) is 0 Å². The number of carbonyl (C=O) groups excluding carboxylic acids is 2. The highest BCUT2D eigenvalue weighted by Crippen LogP contribution is 2.25. The van der Waals surface area contributed by atoms with Crippen LogP contribution in [-0.2, 0) is 14.3 Å². The van der Waals surface area contributed by atoms with Crippen molar-refractivity contribution in [2.45, 2.75) is 6.04 Å². The molecule has 1 aromatic heterocycles. The first-order valence-electron chi connectivity index (χ1n) is 9.92. The molecule has 0 unspecified atom stereocenters. The van der Waals surface area contributed by atoms with Crippen molar-refractivity contribution >= 4 is 17.5 Å². The number of amides is 2. The van der Waals surface area contributed by atoms with Crippen LogP contribution in [0.3, 0.4) is 0 Å². The summed E-state index contributed by atoms with van der Waals surface area (Å²) in [6.07, 6.45) is 1.58. The Morgan fingerprint density at radius 3 is 2.50 bits per heavy atom. The second-order valence-corrected chi connectivity index (χ2v) is 6.96. The van der Waals surface area contributed by atoms with Gasteiger partial charge in [0.25, 0.3) is 0 Å². The first kappa shape index (κ1) is 21.8. The van der Waals surface area contributed by atoms with E-state index in [2.05, 4.69) is 15.5 Å². The number of nitrogens with one attached hydrogen (secondary N) is 2. The van der Waals surface area contributed by atoms with Crippen molar-refractivity contribution in [1.29, 1.82) is 0 Å². The predicted molar refractivity (Wildman–Crippen MR) is 110 cm³/mol. The lowest BCUT2D eigenvalue weighted by Gasteiger charge is -2.39. The Labute approximate surface area is 175 Å². The molecule has 8 nitrogen and oxygen atoms in total. The van der Waals surface area contributed by atoms with E-state index in [-0.39, 0.29) is 24.9 Å². The van der Waals surface area contributed by atoms with Crippen LogP contribution >= 0.6 is 0 Å². The van der Waals surface area contributed by atoms with Gasteiger partial charge in [0.15, 0.2) is 0 Å². The molecule has 162 valence electrons. The highest BCUT2D eigenvalue weighted by molar-refractivity contribution is 6.35. The number of hydrogen-bond acceptors (Lipinski definition) is 6. The summed E-state index contributed by atoms with van der Waals surface area (Å²) in [6, 6.07) is 10.1. The fourth-order valence-corrected chi connectivity index (χ4v) is 3.49. The largest absolute Gasteiger partial charge is 0.468 e. The third-order valence-electron chi connectivity index (χ3n) is 5.07. The van der Waals surface area contributed by atoms with Crippen molar-refractivity contribution in [2.24, 2.45) is 0 Å². The molecule has 30 heavy (non-hydrogen) atoms. The number of furan rings is 1. The molecule has 0 radical (unpaired) electrons. The van der Waals surface area contributed by atoms with Crippen LogP contribution in [0.2, 0.25) is 0 Å². The van der Waals surface area contributed by atoms with Gasteiger partial charge in [-0.15, -0.1) is 0 Å². The average Bonchev–Trinajstić information content (AvgIpc) is 3.29. The lowest BCUT2D eigenvalue weighted by molar-refractivity contribution is -0.139. The van der Waals surface area contributed by atoms with Gasteiger partial charge in [0.05, 0.1) is 24.6 Å². The number of para-hydroxylation sites is 1. The Balaban J connectivity index is 1.58. The van der Waals surface area contributed by atoms with Crippen LogP contribution in [0.4, 0.5) is 10.1 Å². The van der Waals surface area contributed by atoms with Crippen LogP contribution < -0.4 is 15.5 Å². The van der Waals surface area contributed by atoms with Gasteiger partial charge in [0.2, 0.25) is 0 Å². The minimum atomic E-state index is -0.701. The second kappa shape index (κ2) is 10.7. The maximum Gasteiger partial charge on any atom is 0.309 e. The summed E-state index contributed by atoms with van der Waals surface area (Å²) >= 11 is 0. The summed E-state index contributed by atoms with van der Waals surface area (Å²) in [5.74, 6) is -0.933. The zero-order valence-corrected chi connectivity index (χ0v) is 17.0. The number of nitrogens with zero attached hydrogens (tertiary/aromatic N) is 2. The summed E-state index contributed by atoms with van der Waals surface area (Å²) in [7, 11) is 1.52. The van der Waals surface area contributed by atoms with Crippen molar-refractivity contribution in [1.82, 2.24) is 15.5 Å². The molecule has 3 rings (SSSR count). The number of halogens is 1. The molecule has 1 saturated heterocycles. The van der Waals surface area contributed by atoms with Crippen LogP contribution in [0.15, 0.2) is 47.1 Å². The number of methoxy groups -OCH3 is 1. The van der Waals surface area contributed by atoms with Crippen molar-refractivity contribution in [3.63, 3.8) is 0 Å². The van der Waals surface area contributed by atoms with Gasteiger partial charge in [0, 0.05) is 46.4 Å². The van der Waals surface area contributed by atoms with Crippen molar-refractivity contribution in [3.8, 4) is 0 Å². The Morgan fingerprint density at radius 1 is 1.10 bits per heavy atom. The summed E-state index contributed by atoms with van der Waals surface area (Å²) in [4.78, 5) is 28.1. The van der Waals surface area contributed by atoms with Gasteiger partial charge >= 0.3 is 11.8 Å². The van der Waals surface area contributed by atoms with Crippen molar-refractivity contribution in [3.05, 3.63) is 54.2 Å². The second-order valence-electron chi connectivity index (χ2n) is 6.96. The molecule has 1 aliphatic rings. The molecule has 1 aromatic carbocycles. The first-order chi connectivity index (χ1) is 14.6. The van der Waals surface area contributed by atoms with E-state index in [9.17, 15) is 14.0 Å². The lowest BCUT2D eigenvalue weighted by atomic mass is 10.1. The molecular formula is C21H27FN4O4. The third-order valence-corrected chi connectivity index (χ3v) is 5.07. The number of piperazine rings is 1. The maximum absolute atomic E-state index is 14.1. The average molecular weight is 418 g/mol. The number of anilines is 1. The molecule has 1 atom stereocenters. The normalized spacial score (nSPS) is 15.6. The van der Waals surface area contributed by atoms with E-state index in [4.69, 9.17) is 9.15 Å². The van der Waals surface area contributed by atoms with Crippen LogP contribution in [0, 0.1) is 5.82 Å². The molecule has 2 amide bonds. The van der Waals surface area contributed by atoms with Gasteiger partial charge in [0.1, 0.15) is 11.6 Å². The van der Waals surface area contributed by atoms with E-state index < -0.39 is 11.8 Å². The SMILES string of the molecule is COCCNC(=O)C(=O)NC[C@@H](c1ccco1)N1CCN(c2ccccc2F)CC1. The van der Waals surface area contributed by atoms with Crippen LogP contribution in [-0.4, -0.2) is 69.7 Å². The number of carbonyl (C=O) groups is 2. The molecule has 9 heteroatoms. The number of hydrogen-bond donors (Lipinski definition) is 2. The number of rotatable bonds is 8. The molecule has 2 N–H and O–H groups in total. The minimum Gasteiger partial charge on any atom is -0.468 e. The monoisotopic (exact) mass is 418 g/mol. The molecule has 2 heterocycles. The van der Waals surface area contributed by atoms with Gasteiger partial charge in [-0.25, -0.2) is 4.39 Å². The van der Waals surface area contributed by atoms with E-state index in [1.165, 1.54) is 13.2 Å². The molecular weight excluding hydrogens is 391 g/mol. The van der Waals surface area contributed by atoms with Gasteiger partial charge in [-0.2, -0.15) is 0 Å². The highest BCUT2D eigenvalue weighted by atomic mass is 19.1. The quantitative estimate of drug-likeness (QED) is 0.494. The van der Waals surface area contributed by atoms with Gasteiger partial charge in [-0.1, -0.05) is 12.1 Å². The summed E-state index contributed by atoms with van der Waals surface area (Å²) in [6.45, 7) is 3.44. The zero-order valence-electron chi connectivity index (χ0n) is 17.0. The smallest absolute Gasteiger partial charge is 0.309 e. The van der Waals surface area contributed by atoms with E-state index >= 15 is 0 Å². The van der Waals surface area contributed by atoms with Crippen LogP contribution in [0.1, 0.15) is 11.8 Å². The first-order valence-corrected chi connectivity index (χ1v) is 9.92. The van der Waals surface area contributed by atoms with Crippen molar-refractivity contribution in [2.75, 3.05) is 57.9 Å². The van der Waals surface area contributed by atoms with Gasteiger partial charge in [-0.3, -0.25) is 14.5 Å². The summed E-state index contributed by atoms with van der Waals surface area (Å²) < 4.78 is 24.5. The molecule has 0 bridgehead atoms. The van der Waals surface area contributed by atoms with Crippen molar-refractivity contribution < 1.29 is 23.1 Å². The zero-order chi connectivity index (χ0) is 21.3. The van der Waals surface area contributed by atoms with Gasteiger partial charge in [-0.05, 0) is 24.3 Å². The molecule has 1 fully saturated rings. The molecule has 2 aromatic rings. The van der Waals surface area contributed by atoms with Gasteiger partial charge < -0.3 is 24.7 Å². The van der Waals surface area contributed by atoms with Crippen LogP contribution in [0.5, 0.6) is 0 Å². The Hall–Kier alpha value is -2.91. The Morgan fingerprint density at radius 2 is 1.83 bits per heavy atom. The van der Waals surface area contributed by atoms with E-state index in [1.807, 2.05) is 17.0 Å². The maximum atomic E-state index is 14.1. The number of benzene rings is 1. The lowest BCUT2D eigenvalue weighted by Crippen LogP contribution is -2.51. The third kappa shape index (κ3) is 5.58. The molecule has 0 saturated carbocycles. The topological polar surface area (TPSA) is 87.0 Å². The van der Waals surface area contributed by atoms with E-state index in [1.54, 1.807) is 24.5 Å². The standard InChI is InChI=1S/C21H27FN4O4/c1-29-14-8-23-20(27)21(28)24-15-18(19-7-4-13-30-19)26-11-9-25(10-12-26)17-6-3-2-5-16(17)22/h2-7,13,18H,8-12,14-15H2,1H3,(H,23,27)(H,24,28)/t18-/m0/s1. The molecule has 1 aliphatic heterocycles. The van der Waals surface area contributed by atoms with E-state index in [0.29, 0.717) is 44.2 Å². The Bertz CT molecular complexity index is 822. The number of ether oxygens (including phenoxy) is 1. The Kier molecular flexibility index (Phi) is 7.81. The summed E-state index contributed by atoms with van der Waals surface area (Å²) in [5.41, 5.74) is 0.590. The molecule has 0 spiro atoms. The minimum absolute atomic E-state index is 0.224. The fraction of sp³-hybridized carbons (Fsp3) is 0.429. The summed E-state index contributed by atoms with van der Waals surface area (Å²) in [5, 5.41) is 5.18. The predicted octanol–water partition coefficient (Wildman–Crippen LogP) is 1.16. The van der Waals surface area contributed by atoms with E-state index in [0.717, 1.165) is 0 Å². The fourth-order valence-electron chi connectivity index (χ4n) is 3.49. The molecule has 0 aliphatic carbocycles. The highest BCUT2D eigenvalue weighted by Gasteiger charge is 2.28.